The summed E-state index contributed by atoms with van der Waals surface area (Å²) in [6.07, 6.45) is 0.226. The zero-order valence-electron chi connectivity index (χ0n) is 20.5. The number of aromatic nitrogens is 2. The highest BCUT2D eigenvalue weighted by Gasteiger charge is 2.36. The number of fused-ring (bicyclic) bond motifs is 1. The third-order valence-electron chi connectivity index (χ3n) is 6.83. The Hall–Kier alpha value is -3.63. The van der Waals surface area contributed by atoms with Crippen molar-refractivity contribution in [2.75, 3.05) is 11.4 Å². The molecule has 5 rings (SSSR count). The topological polar surface area (TPSA) is 69.3 Å². The number of H-pyrrole nitrogens is 1. The molecule has 2 heterocycles. The maximum Gasteiger partial charge on any atom is 0.416 e. The third-order valence-corrected chi connectivity index (χ3v) is 8.65. The molecule has 198 valence electrons. The predicted molar refractivity (Wildman–Crippen MR) is 139 cm³/mol. The molecule has 6 nitrogen and oxygen atoms in total. The van der Waals surface area contributed by atoms with Gasteiger partial charge in [-0.15, -0.1) is 0 Å². The molecule has 1 aliphatic rings. The Morgan fingerprint density at radius 3 is 2.34 bits per heavy atom. The van der Waals surface area contributed by atoms with Crippen molar-refractivity contribution < 1.29 is 21.6 Å². The van der Waals surface area contributed by atoms with Gasteiger partial charge in [-0.3, -0.25) is 0 Å². The molecular weight excluding hydrogens is 513 g/mol. The van der Waals surface area contributed by atoms with Crippen LogP contribution in [0.1, 0.15) is 28.8 Å². The highest BCUT2D eigenvalue weighted by Crippen LogP contribution is 2.34. The van der Waals surface area contributed by atoms with E-state index in [0.717, 1.165) is 53.2 Å². The van der Waals surface area contributed by atoms with Crippen LogP contribution >= 0.6 is 0 Å². The SMILES string of the molecule is O=S(=O)(c1ccc(C(F)(F)F)cc1)N1Cc2ccccc2N(Cc2cnc[nH]2)[C@H](CCc2ccccc2)C1. The maximum atomic E-state index is 13.8. The lowest BCUT2D eigenvalue weighted by Gasteiger charge is -2.34. The highest BCUT2D eigenvalue weighted by molar-refractivity contribution is 7.89. The van der Waals surface area contributed by atoms with E-state index in [-0.39, 0.29) is 24.0 Å². The number of alkyl halides is 3. The van der Waals surface area contributed by atoms with Crippen molar-refractivity contribution in [1.29, 1.82) is 0 Å². The number of halogens is 3. The number of hydrogen-bond donors (Lipinski definition) is 1. The van der Waals surface area contributed by atoms with Crippen molar-refractivity contribution in [3.05, 3.63) is 114 Å². The number of aryl methyl sites for hydroxylation is 1. The van der Waals surface area contributed by atoms with E-state index >= 15 is 0 Å². The van der Waals surface area contributed by atoms with Crippen molar-refractivity contribution in [3.63, 3.8) is 0 Å². The van der Waals surface area contributed by atoms with Gasteiger partial charge in [0.15, 0.2) is 0 Å². The number of benzene rings is 3. The molecule has 1 aliphatic heterocycles. The number of nitrogens with zero attached hydrogens (tertiary/aromatic N) is 3. The van der Waals surface area contributed by atoms with E-state index < -0.39 is 21.8 Å². The van der Waals surface area contributed by atoms with E-state index in [0.29, 0.717) is 13.0 Å². The Morgan fingerprint density at radius 1 is 0.947 bits per heavy atom. The Bertz CT molecular complexity index is 1460. The molecule has 0 aliphatic carbocycles. The summed E-state index contributed by atoms with van der Waals surface area (Å²) in [5.41, 5.74) is 2.89. The van der Waals surface area contributed by atoms with Crippen molar-refractivity contribution in [3.8, 4) is 0 Å². The number of nitrogens with one attached hydrogen (secondary N) is 1. The van der Waals surface area contributed by atoms with Crippen LogP contribution in [0.5, 0.6) is 0 Å². The van der Waals surface area contributed by atoms with E-state index in [1.54, 1.807) is 12.5 Å². The molecule has 0 unspecified atom stereocenters. The fourth-order valence-electron chi connectivity index (χ4n) is 4.85. The molecule has 0 bridgehead atoms. The second-order valence-electron chi connectivity index (χ2n) is 9.33. The largest absolute Gasteiger partial charge is 0.416 e. The van der Waals surface area contributed by atoms with E-state index in [1.165, 1.54) is 4.31 Å². The van der Waals surface area contributed by atoms with E-state index in [1.807, 2.05) is 54.6 Å². The first-order valence-electron chi connectivity index (χ1n) is 12.2. The summed E-state index contributed by atoms with van der Waals surface area (Å²) in [6, 6.07) is 21.1. The Labute approximate surface area is 219 Å². The standard InChI is InChI=1S/C28H27F3N4O2S/c29-28(30,31)23-11-14-26(15-12-23)38(36,37)34-17-22-8-4-5-9-27(22)35(18-24-16-32-20-33-24)25(19-34)13-10-21-6-2-1-3-7-21/h1-9,11-12,14-16,20,25H,10,13,17-19H2,(H,32,33)/t25-/m1/s1. The van der Waals surface area contributed by atoms with Crippen LogP contribution < -0.4 is 4.90 Å². The summed E-state index contributed by atoms with van der Waals surface area (Å²) in [7, 11) is -4.07. The average molecular weight is 541 g/mol. The van der Waals surface area contributed by atoms with Crippen LogP contribution in [0.2, 0.25) is 0 Å². The van der Waals surface area contributed by atoms with E-state index in [4.69, 9.17) is 0 Å². The zero-order chi connectivity index (χ0) is 26.8. The van der Waals surface area contributed by atoms with Crippen LogP contribution in [0.4, 0.5) is 18.9 Å². The first kappa shape index (κ1) is 26.0. The van der Waals surface area contributed by atoms with Crippen LogP contribution in [0.15, 0.2) is 96.3 Å². The van der Waals surface area contributed by atoms with Crippen LogP contribution in [-0.4, -0.2) is 35.3 Å². The summed E-state index contributed by atoms with van der Waals surface area (Å²) in [4.78, 5) is 9.32. The van der Waals surface area contributed by atoms with Gasteiger partial charge in [-0.2, -0.15) is 17.5 Å². The summed E-state index contributed by atoms with van der Waals surface area (Å²) >= 11 is 0. The maximum absolute atomic E-state index is 13.8. The summed E-state index contributed by atoms with van der Waals surface area (Å²) in [5, 5.41) is 0. The lowest BCUT2D eigenvalue weighted by Crippen LogP contribution is -2.43. The Kier molecular flexibility index (Phi) is 7.27. The predicted octanol–water partition coefficient (Wildman–Crippen LogP) is 5.64. The fourth-order valence-corrected chi connectivity index (χ4v) is 6.31. The quantitative estimate of drug-likeness (QED) is 0.329. The van der Waals surface area contributed by atoms with Gasteiger partial charge in [-0.1, -0.05) is 48.5 Å². The fraction of sp³-hybridized carbons (Fsp3) is 0.250. The molecule has 0 saturated heterocycles. The minimum Gasteiger partial charge on any atom is -0.361 e. The molecule has 0 amide bonds. The number of anilines is 1. The first-order chi connectivity index (χ1) is 18.2. The number of imidazole rings is 1. The minimum atomic E-state index is -4.54. The summed E-state index contributed by atoms with van der Waals surface area (Å²) in [5.74, 6) is 0. The second-order valence-corrected chi connectivity index (χ2v) is 11.3. The van der Waals surface area contributed by atoms with Gasteiger partial charge in [0.25, 0.3) is 0 Å². The molecule has 0 spiro atoms. The van der Waals surface area contributed by atoms with Gasteiger partial charge in [-0.05, 0) is 54.3 Å². The molecule has 1 N–H and O–H groups in total. The molecule has 0 saturated carbocycles. The minimum absolute atomic E-state index is 0.112. The van der Waals surface area contributed by atoms with Gasteiger partial charge in [0.05, 0.1) is 29.0 Å². The summed E-state index contributed by atoms with van der Waals surface area (Å²) in [6.45, 7) is 0.796. The average Bonchev–Trinajstić information content (AvgIpc) is 3.37. The van der Waals surface area contributed by atoms with E-state index in [2.05, 4.69) is 14.9 Å². The third kappa shape index (κ3) is 5.61. The number of sulfonamides is 1. The number of rotatable bonds is 7. The van der Waals surface area contributed by atoms with Gasteiger partial charge in [0.1, 0.15) is 0 Å². The first-order valence-corrected chi connectivity index (χ1v) is 13.7. The lowest BCUT2D eigenvalue weighted by atomic mass is 10.0. The Balaban J connectivity index is 1.52. The zero-order valence-corrected chi connectivity index (χ0v) is 21.3. The number of aromatic amines is 1. The molecule has 1 aromatic heterocycles. The van der Waals surface area contributed by atoms with Crippen LogP contribution in [0.25, 0.3) is 0 Å². The molecule has 0 radical (unpaired) electrons. The molecule has 4 aromatic rings. The molecular formula is C28H27F3N4O2S. The van der Waals surface area contributed by atoms with Crippen LogP contribution in [0.3, 0.4) is 0 Å². The smallest absolute Gasteiger partial charge is 0.361 e. The van der Waals surface area contributed by atoms with Gasteiger partial charge in [0, 0.05) is 31.0 Å². The number of hydrogen-bond acceptors (Lipinski definition) is 4. The number of para-hydroxylation sites is 1. The molecule has 3 aromatic carbocycles. The molecule has 1 atom stereocenters. The molecule has 10 heteroatoms. The van der Waals surface area contributed by atoms with Crippen molar-refractivity contribution >= 4 is 15.7 Å². The molecule has 0 fully saturated rings. The monoisotopic (exact) mass is 540 g/mol. The van der Waals surface area contributed by atoms with Gasteiger partial charge in [0.2, 0.25) is 10.0 Å². The van der Waals surface area contributed by atoms with Gasteiger partial charge >= 0.3 is 6.18 Å². The van der Waals surface area contributed by atoms with Crippen LogP contribution in [-0.2, 0) is 35.7 Å². The summed E-state index contributed by atoms with van der Waals surface area (Å²) < 4.78 is 68.2. The lowest BCUT2D eigenvalue weighted by molar-refractivity contribution is -0.137. The van der Waals surface area contributed by atoms with Crippen LogP contribution in [0, 0.1) is 0 Å². The van der Waals surface area contributed by atoms with Gasteiger partial charge in [-0.25, -0.2) is 13.4 Å². The van der Waals surface area contributed by atoms with Crippen molar-refractivity contribution in [2.45, 2.75) is 43.0 Å². The normalized spacial score (nSPS) is 16.7. The highest BCUT2D eigenvalue weighted by atomic mass is 32.2. The van der Waals surface area contributed by atoms with Crippen molar-refractivity contribution in [2.24, 2.45) is 0 Å². The molecule has 38 heavy (non-hydrogen) atoms. The van der Waals surface area contributed by atoms with E-state index in [9.17, 15) is 21.6 Å². The van der Waals surface area contributed by atoms with Gasteiger partial charge < -0.3 is 9.88 Å². The second kappa shape index (κ2) is 10.6. The van der Waals surface area contributed by atoms with Crippen molar-refractivity contribution in [1.82, 2.24) is 14.3 Å². The Morgan fingerprint density at radius 2 is 1.66 bits per heavy atom.